The standard InChI is InChI=1S/C9H14N4O3/c1-15-5-2-6-16-9-11-4-3-7(12-9)8(10)13-14/h3-4,14H,2,5-6H2,1H3,(H2,10,13). The molecule has 0 atom stereocenters. The third-order valence-corrected chi connectivity index (χ3v) is 1.73. The number of nitrogens with zero attached hydrogens (tertiary/aromatic N) is 3. The summed E-state index contributed by atoms with van der Waals surface area (Å²) in [6.07, 6.45) is 2.22. The molecule has 0 radical (unpaired) electrons. The summed E-state index contributed by atoms with van der Waals surface area (Å²) in [4.78, 5) is 7.84. The Morgan fingerprint density at radius 2 is 2.38 bits per heavy atom. The Morgan fingerprint density at radius 3 is 3.06 bits per heavy atom. The molecule has 0 aromatic carbocycles. The number of hydrogen-bond acceptors (Lipinski definition) is 6. The first-order valence-corrected chi connectivity index (χ1v) is 4.70. The van der Waals surface area contributed by atoms with Gasteiger partial charge in [0.1, 0.15) is 5.69 Å². The molecule has 0 spiro atoms. The lowest BCUT2D eigenvalue weighted by molar-refractivity contribution is 0.168. The van der Waals surface area contributed by atoms with Gasteiger partial charge in [0.25, 0.3) is 0 Å². The Kier molecular flexibility index (Phi) is 5.00. The highest BCUT2D eigenvalue weighted by Gasteiger charge is 2.04. The maximum atomic E-state index is 8.47. The van der Waals surface area contributed by atoms with Crippen LogP contribution in [0.25, 0.3) is 0 Å². The summed E-state index contributed by atoms with van der Waals surface area (Å²) in [6.45, 7) is 1.06. The average molecular weight is 226 g/mol. The molecule has 0 saturated carbocycles. The summed E-state index contributed by atoms with van der Waals surface area (Å²) in [5, 5.41) is 11.3. The first kappa shape index (κ1) is 12.2. The number of methoxy groups -OCH3 is 1. The Morgan fingerprint density at radius 1 is 1.56 bits per heavy atom. The summed E-state index contributed by atoms with van der Waals surface area (Å²) in [7, 11) is 1.62. The zero-order chi connectivity index (χ0) is 11.8. The molecule has 1 rings (SSSR count). The number of amidine groups is 1. The minimum absolute atomic E-state index is 0.0795. The molecule has 0 saturated heterocycles. The Bertz CT molecular complexity index is 356. The van der Waals surface area contributed by atoms with Crippen molar-refractivity contribution in [3.05, 3.63) is 18.0 Å². The molecule has 0 unspecified atom stereocenters. The molecule has 0 aliphatic carbocycles. The quantitative estimate of drug-likeness (QED) is 0.232. The van der Waals surface area contributed by atoms with Gasteiger partial charge in [0.05, 0.1) is 6.61 Å². The molecular weight excluding hydrogens is 212 g/mol. The third-order valence-electron chi connectivity index (χ3n) is 1.73. The lowest BCUT2D eigenvalue weighted by Gasteiger charge is -2.04. The number of hydrogen-bond donors (Lipinski definition) is 2. The molecule has 0 aliphatic rings. The van der Waals surface area contributed by atoms with E-state index in [2.05, 4.69) is 15.1 Å². The van der Waals surface area contributed by atoms with Crippen molar-refractivity contribution in [2.45, 2.75) is 6.42 Å². The fourth-order valence-electron chi connectivity index (χ4n) is 0.971. The summed E-state index contributed by atoms with van der Waals surface area (Å²) in [5.74, 6) is -0.0795. The van der Waals surface area contributed by atoms with Crippen LogP contribution in [0, 0.1) is 0 Å². The molecule has 0 amide bonds. The molecule has 0 aliphatic heterocycles. The van der Waals surface area contributed by atoms with Crippen LogP contribution >= 0.6 is 0 Å². The van der Waals surface area contributed by atoms with E-state index < -0.39 is 0 Å². The number of ether oxygens (including phenoxy) is 2. The molecule has 3 N–H and O–H groups in total. The van der Waals surface area contributed by atoms with Crippen molar-refractivity contribution in [1.82, 2.24) is 9.97 Å². The number of oxime groups is 1. The van der Waals surface area contributed by atoms with Crippen molar-refractivity contribution in [2.75, 3.05) is 20.3 Å². The van der Waals surface area contributed by atoms with E-state index in [4.69, 9.17) is 20.4 Å². The van der Waals surface area contributed by atoms with Gasteiger partial charge in [0, 0.05) is 26.3 Å². The van der Waals surface area contributed by atoms with Gasteiger partial charge in [-0.25, -0.2) is 4.98 Å². The molecule has 16 heavy (non-hydrogen) atoms. The van der Waals surface area contributed by atoms with E-state index in [1.807, 2.05) is 0 Å². The van der Waals surface area contributed by atoms with Gasteiger partial charge in [0.2, 0.25) is 0 Å². The van der Waals surface area contributed by atoms with Crippen LogP contribution in [-0.2, 0) is 4.74 Å². The van der Waals surface area contributed by atoms with E-state index in [9.17, 15) is 0 Å². The van der Waals surface area contributed by atoms with Gasteiger partial charge in [-0.1, -0.05) is 5.16 Å². The predicted octanol–water partition coefficient (Wildman–Crippen LogP) is -0.0136. The van der Waals surface area contributed by atoms with E-state index in [1.54, 1.807) is 7.11 Å². The van der Waals surface area contributed by atoms with Crippen LogP contribution in [-0.4, -0.2) is 41.3 Å². The van der Waals surface area contributed by atoms with E-state index in [-0.39, 0.29) is 11.8 Å². The van der Waals surface area contributed by atoms with Crippen molar-refractivity contribution >= 4 is 5.84 Å². The van der Waals surface area contributed by atoms with Crippen LogP contribution in [0.15, 0.2) is 17.4 Å². The Balaban J connectivity index is 2.54. The maximum absolute atomic E-state index is 8.47. The highest BCUT2D eigenvalue weighted by Crippen LogP contribution is 2.03. The molecule has 7 heteroatoms. The van der Waals surface area contributed by atoms with Crippen LogP contribution in [0.3, 0.4) is 0 Å². The second-order valence-corrected chi connectivity index (χ2v) is 2.90. The van der Waals surface area contributed by atoms with Crippen molar-refractivity contribution in [1.29, 1.82) is 0 Å². The minimum Gasteiger partial charge on any atom is -0.463 e. The number of rotatable bonds is 6. The van der Waals surface area contributed by atoms with Crippen LogP contribution in [0.4, 0.5) is 0 Å². The second-order valence-electron chi connectivity index (χ2n) is 2.90. The maximum Gasteiger partial charge on any atom is 0.317 e. The van der Waals surface area contributed by atoms with Crippen molar-refractivity contribution in [3.63, 3.8) is 0 Å². The molecule has 0 fully saturated rings. The highest BCUT2D eigenvalue weighted by molar-refractivity contribution is 5.95. The van der Waals surface area contributed by atoms with Crippen molar-refractivity contribution in [2.24, 2.45) is 10.9 Å². The Hall–Kier alpha value is -1.89. The topological polar surface area (TPSA) is 103 Å². The fraction of sp³-hybridized carbons (Fsp3) is 0.444. The van der Waals surface area contributed by atoms with Gasteiger partial charge in [-0.3, -0.25) is 0 Å². The van der Waals surface area contributed by atoms with Gasteiger partial charge in [0.15, 0.2) is 5.84 Å². The zero-order valence-electron chi connectivity index (χ0n) is 8.96. The smallest absolute Gasteiger partial charge is 0.317 e. The van der Waals surface area contributed by atoms with E-state index in [0.29, 0.717) is 18.9 Å². The van der Waals surface area contributed by atoms with Gasteiger partial charge < -0.3 is 20.4 Å². The lowest BCUT2D eigenvalue weighted by atomic mass is 10.4. The van der Waals surface area contributed by atoms with Crippen molar-refractivity contribution < 1.29 is 14.7 Å². The summed E-state index contributed by atoms with van der Waals surface area (Å²) >= 11 is 0. The largest absolute Gasteiger partial charge is 0.463 e. The molecule has 1 aromatic heterocycles. The SMILES string of the molecule is COCCCOc1nccc(/C(N)=N/O)n1. The van der Waals surface area contributed by atoms with Gasteiger partial charge in [-0.05, 0) is 6.07 Å². The average Bonchev–Trinajstić information content (AvgIpc) is 2.34. The predicted molar refractivity (Wildman–Crippen MR) is 56.5 cm³/mol. The van der Waals surface area contributed by atoms with Crippen molar-refractivity contribution in [3.8, 4) is 6.01 Å². The summed E-state index contributed by atoms with van der Waals surface area (Å²) < 4.78 is 10.1. The van der Waals surface area contributed by atoms with E-state index in [0.717, 1.165) is 6.42 Å². The molecular formula is C9H14N4O3. The number of nitrogens with two attached hydrogens (primary N) is 1. The normalized spacial score (nSPS) is 11.4. The fourth-order valence-corrected chi connectivity index (χ4v) is 0.971. The van der Waals surface area contributed by atoms with E-state index in [1.165, 1.54) is 12.3 Å². The van der Waals surface area contributed by atoms with Gasteiger partial charge in [-0.15, -0.1) is 0 Å². The molecule has 1 aromatic rings. The monoisotopic (exact) mass is 226 g/mol. The number of aromatic nitrogens is 2. The zero-order valence-corrected chi connectivity index (χ0v) is 8.96. The third kappa shape index (κ3) is 3.70. The molecule has 0 bridgehead atoms. The van der Waals surface area contributed by atoms with E-state index >= 15 is 0 Å². The molecule has 1 heterocycles. The second kappa shape index (κ2) is 6.57. The van der Waals surface area contributed by atoms with Crippen LogP contribution in [0.5, 0.6) is 6.01 Å². The summed E-state index contributed by atoms with van der Waals surface area (Å²) in [5.41, 5.74) is 5.69. The van der Waals surface area contributed by atoms with Crippen LogP contribution in [0.1, 0.15) is 12.1 Å². The van der Waals surface area contributed by atoms with Crippen LogP contribution in [0.2, 0.25) is 0 Å². The van der Waals surface area contributed by atoms with Gasteiger partial charge in [-0.2, -0.15) is 4.98 Å². The van der Waals surface area contributed by atoms with Crippen LogP contribution < -0.4 is 10.5 Å². The lowest BCUT2D eigenvalue weighted by Crippen LogP contribution is -2.16. The highest BCUT2D eigenvalue weighted by atomic mass is 16.5. The molecule has 7 nitrogen and oxygen atoms in total. The summed E-state index contributed by atoms with van der Waals surface area (Å²) in [6, 6.07) is 1.72. The van der Waals surface area contributed by atoms with Gasteiger partial charge >= 0.3 is 6.01 Å². The first-order valence-electron chi connectivity index (χ1n) is 4.70. The molecule has 88 valence electrons. The first-order chi connectivity index (χ1) is 7.77. The Labute approximate surface area is 92.9 Å². The minimum atomic E-state index is -0.0795.